The Balaban J connectivity index is 1.86. The SMILES string of the molecule is COc1cc(/C=C2\SC(O)NC2=O)ccc1Oc1ccc(C(F)(F)F)cc1Br. The molecule has 1 aliphatic rings. The van der Waals surface area contributed by atoms with Crippen LogP contribution in [0.2, 0.25) is 0 Å². The van der Waals surface area contributed by atoms with E-state index in [2.05, 4.69) is 21.2 Å². The van der Waals surface area contributed by atoms with Crippen molar-refractivity contribution in [3.05, 3.63) is 56.9 Å². The molecule has 5 nitrogen and oxygen atoms in total. The third kappa shape index (κ3) is 4.62. The molecule has 2 aromatic carbocycles. The highest BCUT2D eigenvalue weighted by molar-refractivity contribution is 9.10. The van der Waals surface area contributed by atoms with E-state index in [9.17, 15) is 23.1 Å². The van der Waals surface area contributed by atoms with Gasteiger partial charge in [-0.15, -0.1) is 0 Å². The van der Waals surface area contributed by atoms with Crippen molar-refractivity contribution in [2.75, 3.05) is 7.11 Å². The van der Waals surface area contributed by atoms with Crippen LogP contribution < -0.4 is 14.8 Å². The largest absolute Gasteiger partial charge is 0.493 e. The van der Waals surface area contributed by atoms with Gasteiger partial charge in [0.25, 0.3) is 5.91 Å². The summed E-state index contributed by atoms with van der Waals surface area (Å²) < 4.78 is 49.4. The second-order valence-electron chi connectivity index (χ2n) is 5.61. The Labute approximate surface area is 170 Å². The minimum Gasteiger partial charge on any atom is -0.493 e. The zero-order chi connectivity index (χ0) is 20.5. The molecular formula is C18H13BrF3NO4S. The van der Waals surface area contributed by atoms with E-state index in [-0.39, 0.29) is 21.9 Å². The number of methoxy groups -OCH3 is 1. The van der Waals surface area contributed by atoms with Gasteiger partial charge >= 0.3 is 6.18 Å². The van der Waals surface area contributed by atoms with E-state index >= 15 is 0 Å². The number of hydrogen-bond acceptors (Lipinski definition) is 5. The van der Waals surface area contributed by atoms with Crippen molar-refractivity contribution in [2.45, 2.75) is 11.7 Å². The van der Waals surface area contributed by atoms with Gasteiger partial charge in [0.1, 0.15) is 5.75 Å². The molecule has 0 aromatic heterocycles. The maximum absolute atomic E-state index is 12.8. The van der Waals surface area contributed by atoms with Crippen LogP contribution in [0.4, 0.5) is 13.2 Å². The Kier molecular flexibility index (Phi) is 5.92. The first kappa shape index (κ1) is 20.6. The topological polar surface area (TPSA) is 67.8 Å². The maximum Gasteiger partial charge on any atom is 0.416 e. The highest BCUT2D eigenvalue weighted by Crippen LogP contribution is 2.39. The van der Waals surface area contributed by atoms with Gasteiger partial charge in [-0.2, -0.15) is 13.2 Å². The van der Waals surface area contributed by atoms with Crippen LogP contribution in [-0.2, 0) is 11.0 Å². The smallest absolute Gasteiger partial charge is 0.416 e. The molecule has 0 spiro atoms. The van der Waals surface area contributed by atoms with E-state index < -0.39 is 17.3 Å². The first-order chi connectivity index (χ1) is 13.2. The zero-order valence-corrected chi connectivity index (χ0v) is 16.6. The number of nitrogens with one attached hydrogen (secondary N) is 1. The molecule has 0 radical (unpaired) electrons. The molecule has 10 heteroatoms. The number of aliphatic hydroxyl groups is 1. The molecule has 0 saturated carbocycles. The number of hydrogen-bond donors (Lipinski definition) is 2. The Morgan fingerprint density at radius 1 is 1.18 bits per heavy atom. The van der Waals surface area contributed by atoms with Crippen molar-refractivity contribution in [1.82, 2.24) is 5.32 Å². The first-order valence-corrected chi connectivity index (χ1v) is 9.44. The number of aliphatic hydroxyl groups excluding tert-OH is 1. The lowest BCUT2D eigenvalue weighted by Gasteiger charge is -2.14. The van der Waals surface area contributed by atoms with Crippen LogP contribution in [0.25, 0.3) is 6.08 Å². The highest BCUT2D eigenvalue weighted by Gasteiger charge is 2.31. The number of carbonyl (C=O) groups is 1. The quantitative estimate of drug-likeness (QED) is 0.624. The molecule has 28 heavy (non-hydrogen) atoms. The highest BCUT2D eigenvalue weighted by atomic mass is 79.9. The number of ether oxygens (including phenoxy) is 2. The molecule has 1 aliphatic heterocycles. The number of amides is 1. The summed E-state index contributed by atoms with van der Waals surface area (Å²) in [6.45, 7) is 0. The number of alkyl halides is 3. The number of benzene rings is 2. The van der Waals surface area contributed by atoms with Crippen molar-refractivity contribution in [1.29, 1.82) is 0 Å². The average Bonchev–Trinajstić information content (AvgIpc) is 2.94. The fourth-order valence-electron chi connectivity index (χ4n) is 2.37. The van der Waals surface area contributed by atoms with Crippen molar-refractivity contribution < 1.29 is 32.5 Å². The van der Waals surface area contributed by atoms with Gasteiger partial charge in [-0.05, 0) is 57.9 Å². The van der Waals surface area contributed by atoms with E-state index in [0.29, 0.717) is 16.2 Å². The summed E-state index contributed by atoms with van der Waals surface area (Å²) in [6, 6.07) is 7.90. The molecule has 2 N–H and O–H groups in total. The molecular weight excluding hydrogens is 463 g/mol. The van der Waals surface area contributed by atoms with Gasteiger partial charge in [-0.25, -0.2) is 0 Å². The van der Waals surface area contributed by atoms with Crippen molar-refractivity contribution >= 4 is 39.7 Å². The standard InChI is InChI=1S/C18H13BrF3NO4S/c1-26-14-6-9(7-15-16(24)23-17(25)28-15)2-4-13(14)27-12-5-3-10(8-11(12)19)18(20,21)22/h2-8,17,25H,1H3,(H,23,24)/b15-7-. The number of thioether (sulfide) groups is 1. The lowest BCUT2D eigenvalue weighted by molar-refractivity contribution is -0.137. The predicted octanol–water partition coefficient (Wildman–Crippen LogP) is 4.75. The van der Waals surface area contributed by atoms with Crippen LogP contribution in [0.15, 0.2) is 45.8 Å². The fourth-order valence-corrected chi connectivity index (χ4v) is 3.61. The summed E-state index contributed by atoms with van der Waals surface area (Å²) in [6.07, 6.45) is -2.87. The van der Waals surface area contributed by atoms with Crippen molar-refractivity contribution in [3.8, 4) is 17.2 Å². The molecule has 148 valence electrons. The van der Waals surface area contributed by atoms with Crippen molar-refractivity contribution in [3.63, 3.8) is 0 Å². The zero-order valence-electron chi connectivity index (χ0n) is 14.2. The monoisotopic (exact) mass is 475 g/mol. The summed E-state index contributed by atoms with van der Waals surface area (Å²) >= 11 is 4.06. The van der Waals surface area contributed by atoms with Crippen LogP contribution in [-0.4, -0.2) is 23.7 Å². The third-order valence-electron chi connectivity index (χ3n) is 3.68. The molecule has 1 fully saturated rings. The second kappa shape index (κ2) is 8.06. The van der Waals surface area contributed by atoms with Gasteiger partial charge in [0.2, 0.25) is 0 Å². The second-order valence-corrected chi connectivity index (χ2v) is 7.58. The molecule has 0 aliphatic carbocycles. The van der Waals surface area contributed by atoms with Gasteiger partial charge in [0, 0.05) is 0 Å². The molecule has 3 rings (SSSR count). The molecule has 1 saturated heterocycles. The predicted molar refractivity (Wildman–Crippen MR) is 102 cm³/mol. The fraction of sp³-hybridized carbons (Fsp3) is 0.167. The van der Waals surface area contributed by atoms with E-state index in [1.54, 1.807) is 24.3 Å². The van der Waals surface area contributed by atoms with Gasteiger partial charge in [0.05, 0.1) is 22.1 Å². The lowest BCUT2D eigenvalue weighted by atomic mass is 10.1. The normalized spacial score (nSPS) is 18.3. The Hall–Kier alpha value is -2.17. The average molecular weight is 476 g/mol. The number of carbonyl (C=O) groups excluding carboxylic acids is 1. The Morgan fingerprint density at radius 3 is 2.46 bits per heavy atom. The molecule has 1 atom stereocenters. The van der Waals surface area contributed by atoms with Gasteiger partial charge in [0.15, 0.2) is 17.1 Å². The molecule has 2 aromatic rings. The van der Waals surface area contributed by atoms with Gasteiger partial charge < -0.3 is 19.9 Å². The van der Waals surface area contributed by atoms with E-state index in [1.165, 1.54) is 13.2 Å². The minimum absolute atomic E-state index is 0.142. The molecule has 0 bridgehead atoms. The van der Waals surface area contributed by atoms with Crippen LogP contribution in [0, 0.1) is 0 Å². The van der Waals surface area contributed by atoms with E-state index in [0.717, 1.165) is 23.9 Å². The van der Waals surface area contributed by atoms with Crippen LogP contribution >= 0.6 is 27.7 Å². The van der Waals surface area contributed by atoms with Gasteiger partial charge in [-0.1, -0.05) is 17.8 Å². The number of halogens is 4. The Morgan fingerprint density at radius 2 is 1.89 bits per heavy atom. The molecule has 1 unspecified atom stereocenters. The van der Waals surface area contributed by atoms with Gasteiger partial charge in [-0.3, -0.25) is 4.79 Å². The molecule has 1 heterocycles. The number of rotatable bonds is 4. The van der Waals surface area contributed by atoms with Crippen LogP contribution in [0.1, 0.15) is 11.1 Å². The van der Waals surface area contributed by atoms with E-state index in [4.69, 9.17) is 9.47 Å². The minimum atomic E-state index is -4.45. The van der Waals surface area contributed by atoms with Crippen molar-refractivity contribution in [2.24, 2.45) is 0 Å². The van der Waals surface area contributed by atoms with Crippen LogP contribution in [0.3, 0.4) is 0 Å². The summed E-state index contributed by atoms with van der Waals surface area (Å²) in [5.74, 6) is 0.413. The van der Waals surface area contributed by atoms with E-state index in [1.807, 2.05) is 0 Å². The lowest BCUT2D eigenvalue weighted by Crippen LogP contribution is -2.23. The summed E-state index contributed by atoms with van der Waals surface area (Å²) in [4.78, 5) is 12.0. The maximum atomic E-state index is 12.8. The summed E-state index contributed by atoms with van der Waals surface area (Å²) in [7, 11) is 1.42. The summed E-state index contributed by atoms with van der Waals surface area (Å²) in [5, 5.41) is 11.8. The first-order valence-electron chi connectivity index (χ1n) is 7.77. The third-order valence-corrected chi connectivity index (χ3v) is 5.20. The molecule has 1 amide bonds. The Bertz CT molecular complexity index is 949. The van der Waals surface area contributed by atoms with Crippen LogP contribution in [0.5, 0.6) is 17.2 Å². The summed E-state index contributed by atoms with van der Waals surface area (Å²) in [5.41, 5.74) is -1.15.